The van der Waals surface area contributed by atoms with Gasteiger partial charge in [0.15, 0.2) is 5.82 Å². The highest BCUT2D eigenvalue weighted by molar-refractivity contribution is 4.93. The van der Waals surface area contributed by atoms with Gasteiger partial charge in [-0.1, -0.05) is 12.1 Å². The van der Waals surface area contributed by atoms with Gasteiger partial charge in [0.1, 0.15) is 0 Å². The zero-order valence-corrected chi connectivity index (χ0v) is 9.65. The molecule has 0 aliphatic carbocycles. The van der Waals surface area contributed by atoms with Crippen LogP contribution in [0, 0.1) is 11.8 Å². The predicted octanol–water partition coefficient (Wildman–Crippen LogP) is 0.283. The third-order valence-corrected chi connectivity index (χ3v) is 3.65. The van der Waals surface area contributed by atoms with Crippen LogP contribution in [0.3, 0.4) is 0 Å². The fourth-order valence-electron chi connectivity index (χ4n) is 2.77. The molecule has 3 heterocycles. The standard InChI is InChI=1S/C11H18N4O/c1-2-10-13-11(16-14-10)7-15-5-8-3-12-4-9(8)6-15/h8-9,12H,2-7H2,1H3/t8-,9+. The number of fused-ring (bicyclic) bond motifs is 1. The molecule has 88 valence electrons. The Balaban J connectivity index is 1.59. The minimum Gasteiger partial charge on any atom is -0.338 e. The Morgan fingerprint density at radius 1 is 1.38 bits per heavy atom. The summed E-state index contributed by atoms with van der Waals surface area (Å²) < 4.78 is 5.22. The average Bonchev–Trinajstić information content (AvgIpc) is 2.92. The second-order valence-corrected chi connectivity index (χ2v) is 4.83. The van der Waals surface area contributed by atoms with Gasteiger partial charge in [-0.15, -0.1) is 0 Å². The first-order valence-corrected chi connectivity index (χ1v) is 6.09. The molecule has 2 aliphatic heterocycles. The number of nitrogens with zero attached hydrogens (tertiary/aromatic N) is 3. The Morgan fingerprint density at radius 3 is 2.75 bits per heavy atom. The van der Waals surface area contributed by atoms with Crippen molar-refractivity contribution < 1.29 is 4.52 Å². The molecule has 0 radical (unpaired) electrons. The van der Waals surface area contributed by atoms with Gasteiger partial charge in [-0.3, -0.25) is 4.90 Å². The molecule has 5 heteroatoms. The van der Waals surface area contributed by atoms with E-state index in [1.165, 1.54) is 26.2 Å². The topological polar surface area (TPSA) is 54.2 Å². The summed E-state index contributed by atoms with van der Waals surface area (Å²) in [7, 11) is 0. The molecule has 0 saturated carbocycles. The maximum Gasteiger partial charge on any atom is 0.240 e. The van der Waals surface area contributed by atoms with Gasteiger partial charge in [0.25, 0.3) is 0 Å². The first-order chi connectivity index (χ1) is 7.85. The number of hydrogen-bond acceptors (Lipinski definition) is 5. The zero-order valence-electron chi connectivity index (χ0n) is 9.65. The van der Waals surface area contributed by atoms with Crippen molar-refractivity contribution in [2.24, 2.45) is 11.8 Å². The number of likely N-dealkylation sites (tertiary alicyclic amines) is 1. The molecule has 0 unspecified atom stereocenters. The van der Waals surface area contributed by atoms with Gasteiger partial charge in [-0.05, 0) is 24.9 Å². The lowest BCUT2D eigenvalue weighted by Gasteiger charge is -2.13. The van der Waals surface area contributed by atoms with Crippen molar-refractivity contribution in [2.45, 2.75) is 19.9 Å². The summed E-state index contributed by atoms with van der Waals surface area (Å²) in [4.78, 5) is 6.78. The largest absolute Gasteiger partial charge is 0.338 e. The Morgan fingerprint density at radius 2 is 2.12 bits per heavy atom. The van der Waals surface area contributed by atoms with Crippen molar-refractivity contribution in [3.8, 4) is 0 Å². The van der Waals surface area contributed by atoms with Crippen molar-refractivity contribution in [3.05, 3.63) is 11.7 Å². The van der Waals surface area contributed by atoms with Crippen molar-refractivity contribution >= 4 is 0 Å². The SMILES string of the molecule is CCc1noc(CN2C[C@H]3CNC[C@H]3C2)n1. The molecule has 0 spiro atoms. The molecule has 3 rings (SSSR count). The lowest BCUT2D eigenvalue weighted by Crippen LogP contribution is -2.25. The first-order valence-electron chi connectivity index (χ1n) is 6.09. The van der Waals surface area contributed by atoms with Gasteiger partial charge in [0, 0.05) is 19.5 Å². The molecule has 5 nitrogen and oxygen atoms in total. The Bertz CT molecular complexity index is 353. The highest BCUT2D eigenvalue weighted by Crippen LogP contribution is 2.27. The monoisotopic (exact) mass is 222 g/mol. The summed E-state index contributed by atoms with van der Waals surface area (Å²) in [5.74, 6) is 3.24. The highest BCUT2D eigenvalue weighted by atomic mass is 16.5. The van der Waals surface area contributed by atoms with Gasteiger partial charge in [0.2, 0.25) is 5.89 Å². The Kier molecular flexibility index (Phi) is 2.65. The first kappa shape index (κ1) is 10.2. The van der Waals surface area contributed by atoms with Gasteiger partial charge in [0.05, 0.1) is 6.54 Å². The van der Waals surface area contributed by atoms with E-state index < -0.39 is 0 Å². The van der Waals surface area contributed by atoms with E-state index in [0.717, 1.165) is 36.5 Å². The van der Waals surface area contributed by atoms with Crippen LogP contribution in [-0.4, -0.2) is 41.2 Å². The molecule has 0 amide bonds. The number of aromatic nitrogens is 2. The summed E-state index contributed by atoms with van der Waals surface area (Å²) in [6, 6.07) is 0. The normalized spacial score (nSPS) is 29.8. The molecule has 2 fully saturated rings. The molecular formula is C11H18N4O. The third-order valence-electron chi connectivity index (χ3n) is 3.65. The lowest BCUT2D eigenvalue weighted by atomic mass is 10.0. The van der Waals surface area contributed by atoms with Crippen LogP contribution in [-0.2, 0) is 13.0 Å². The number of aryl methyl sites for hydroxylation is 1. The summed E-state index contributed by atoms with van der Waals surface area (Å²) in [5.41, 5.74) is 0. The predicted molar refractivity (Wildman–Crippen MR) is 58.8 cm³/mol. The van der Waals surface area contributed by atoms with Crippen LogP contribution in [0.25, 0.3) is 0 Å². The molecular weight excluding hydrogens is 204 g/mol. The molecule has 0 bridgehead atoms. The van der Waals surface area contributed by atoms with Crippen LogP contribution in [0.1, 0.15) is 18.6 Å². The number of hydrogen-bond donors (Lipinski definition) is 1. The van der Waals surface area contributed by atoms with E-state index in [1.54, 1.807) is 0 Å². The molecule has 2 aliphatic rings. The molecule has 1 N–H and O–H groups in total. The summed E-state index contributed by atoms with van der Waals surface area (Å²) in [6.45, 7) is 7.54. The van der Waals surface area contributed by atoms with E-state index in [1.807, 2.05) is 6.92 Å². The zero-order chi connectivity index (χ0) is 11.0. The molecule has 0 aromatic carbocycles. The van der Waals surface area contributed by atoms with Gasteiger partial charge >= 0.3 is 0 Å². The third kappa shape index (κ3) is 1.85. The fourth-order valence-corrected chi connectivity index (χ4v) is 2.77. The van der Waals surface area contributed by atoms with Gasteiger partial charge in [-0.2, -0.15) is 4.98 Å². The summed E-state index contributed by atoms with van der Waals surface area (Å²) in [5, 5.41) is 7.37. The molecule has 2 atom stereocenters. The molecule has 16 heavy (non-hydrogen) atoms. The van der Waals surface area contributed by atoms with E-state index in [4.69, 9.17) is 4.52 Å². The van der Waals surface area contributed by atoms with Crippen LogP contribution in [0.15, 0.2) is 4.52 Å². The van der Waals surface area contributed by atoms with Crippen LogP contribution in [0.4, 0.5) is 0 Å². The second-order valence-electron chi connectivity index (χ2n) is 4.83. The van der Waals surface area contributed by atoms with Crippen LogP contribution in [0.5, 0.6) is 0 Å². The quantitative estimate of drug-likeness (QED) is 0.796. The van der Waals surface area contributed by atoms with Crippen molar-refractivity contribution in [2.75, 3.05) is 26.2 Å². The van der Waals surface area contributed by atoms with Crippen molar-refractivity contribution in [1.82, 2.24) is 20.4 Å². The van der Waals surface area contributed by atoms with E-state index in [0.29, 0.717) is 0 Å². The molecule has 1 aromatic rings. The Hall–Kier alpha value is -0.940. The average molecular weight is 222 g/mol. The maximum absolute atomic E-state index is 5.22. The van der Waals surface area contributed by atoms with Gasteiger partial charge < -0.3 is 9.84 Å². The van der Waals surface area contributed by atoms with Crippen LogP contribution >= 0.6 is 0 Å². The summed E-state index contributed by atoms with van der Waals surface area (Å²) in [6.07, 6.45) is 0.846. The van der Waals surface area contributed by atoms with Gasteiger partial charge in [-0.25, -0.2) is 0 Å². The van der Waals surface area contributed by atoms with Crippen molar-refractivity contribution in [1.29, 1.82) is 0 Å². The maximum atomic E-state index is 5.22. The minimum atomic E-state index is 0.768. The summed E-state index contributed by atoms with van der Waals surface area (Å²) >= 11 is 0. The number of nitrogens with one attached hydrogen (secondary N) is 1. The van der Waals surface area contributed by atoms with Crippen molar-refractivity contribution in [3.63, 3.8) is 0 Å². The lowest BCUT2D eigenvalue weighted by molar-refractivity contribution is 0.253. The smallest absolute Gasteiger partial charge is 0.240 e. The fraction of sp³-hybridized carbons (Fsp3) is 0.818. The highest BCUT2D eigenvalue weighted by Gasteiger charge is 2.36. The second kappa shape index (κ2) is 4.14. The van der Waals surface area contributed by atoms with E-state index in [9.17, 15) is 0 Å². The molecule has 2 saturated heterocycles. The Labute approximate surface area is 95.2 Å². The van der Waals surface area contributed by atoms with Crippen LogP contribution in [0.2, 0.25) is 0 Å². The van der Waals surface area contributed by atoms with Crippen LogP contribution < -0.4 is 5.32 Å². The van der Waals surface area contributed by atoms with E-state index in [-0.39, 0.29) is 0 Å². The van der Waals surface area contributed by atoms with E-state index in [2.05, 4.69) is 20.4 Å². The van der Waals surface area contributed by atoms with E-state index >= 15 is 0 Å². The molecule has 1 aromatic heterocycles. The number of rotatable bonds is 3. The minimum absolute atomic E-state index is 0.768.